The molecule has 0 spiro atoms. The normalized spacial score (nSPS) is 12.1. The molecule has 0 bridgehead atoms. The van der Waals surface area contributed by atoms with Crippen LogP contribution in [0.25, 0.3) is 11.0 Å². The molecule has 7 nitrogen and oxygen atoms in total. The van der Waals surface area contributed by atoms with Gasteiger partial charge in [-0.25, -0.2) is 4.98 Å². The number of hydrogen-bond donors (Lipinski definition) is 0. The number of aromatic nitrogens is 2. The third kappa shape index (κ3) is 3.45. The molecule has 0 saturated heterocycles. The quantitative estimate of drug-likeness (QED) is 0.801. The monoisotopic (exact) mass is 347 g/mol. The summed E-state index contributed by atoms with van der Waals surface area (Å²) in [6, 6.07) is 3.38. The highest BCUT2D eigenvalue weighted by Crippen LogP contribution is 2.30. The maximum atomic E-state index is 12.7. The summed E-state index contributed by atoms with van der Waals surface area (Å²) in [5, 5.41) is 0. The van der Waals surface area contributed by atoms with Gasteiger partial charge < -0.3 is 18.9 Å². The number of aryl methyl sites for hydroxylation is 1. The molecule has 7 heteroatoms. The zero-order valence-corrected chi connectivity index (χ0v) is 15.6. The van der Waals surface area contributed by atoms with E-state index >= 15 is 0 Å². The van der Waals surface area contributed by atoms with E-state index < -0.39 is 5.56 Å². The lowest BCUT2D eigenvalue weighted by molar-refractivity contribution is 0.0728. The fraction of sp³-hybridized carbons (Fsp3) is 0.500. The van der Waals surface area contributed by atoms with Crippen molar-refractivity contribution >= 4 is 16.9 Å². The predicted octanol–water partition coefficient (Wildman–Crippen LogP) is 2.21. The fourth-order valence-electron chi connectivity index (χ4n) is 2.77. The molecule has 1 amide bonds. The zero-order chi connectivity index (χ0) is 18.7. The molecule has 1 unspecified atom stereocenters. The van der Waals surface area contributed by atoms with Gasteiger partial charge in [-0.15, -0.1) is 0 Å². The van der Waals surface area contributed by atoms with E-state index in [1.54, 1.807) is 31.1 Å². The second-order valence-corrected chi connectivity index (χ2v) is 6.07. The van der Waals surface area contributed by atoms with Gasteiger partial charge >= 0.3 is 0 Å². The van der Waals surface area contributed by atoms with Crippen LogP contribution in [0.1, 0.15) is 37.2 Å². The molecule has 0 saturated carbocycles. The van der Waals surface area contributed by atoms with Gasteiger partial charge in [0.25, 0.3) is 11.5 Å². The Bertz CT molecular complexity index is 844. The van der Waals surface area contributed by atoms with Crippen molar-refractivity contribution in [1.29, 1.82) is 0 Å². The third-order valence-electron chi connectivity index (χ3n) is 4.47. The smallest absolute Gasteiger partial charge is 0.282 e. The Labute approximate surface area is 147 Å². The molecular weight excluding hydrogens is 322 g/mol. The number of rotatable bonds is 6. The lowest BCUT2D eigenvalue weighted by atomic mass is 10.1. The molecule has 0 aliphatic rings. The van der Waals surface area contributed by atoms with Crippen LogP contribution < -0.4 is 15.0 Å². The molecule has 1 atom stereocenters. The minimum atomic E-state index is -0.430. The minimum absolute atomic E-state index is 0.0325. The van der Waals surface area contributed by atoms with Gasteiger partial charge in [0.2, 0.25) is 0 Å². The van der Waals surface area contributed by atoms with Crippen molar-refractivity contribution < 1.29 is 14.3 Å². The summed E-state index contributed by atoms with van der Waals surface area (Å²) >= 11 is 0. The topological polar surface area (TPSA) is 73.7 Å². The van der Waals surface area contributed by atoms with Crippen molar-refractivity contribution in [2.24, 2.45) is 7.05 Å². The molecule has 0 radical (unpaired) electrons. The maximum Gasteiger partial charge on any atom is 0.282 e. The first kappa shape index (κ1) is 18.8. The van der Waals surface area contributed by atoms with E-state index in [-0.39, 0.29) is 17.6 Å². The number of fused-ring (bicyclic) bond motifs is 1. The Balaban J connectivity index is 2.60. The van der Waals surface area contributed by atoms with Gasteiger partial charge in [-0.05, 0) is 13.3 Å². The number of benzene rings is 1. The molecule has 0 N–H and O–H groups in total. The van der Waals surface area contributed by atoms with Crippen LogP contribution in [0.3, 0.4) is 0 Å². The van der Waals surface area contributed by atoms with Crippen molar-refractivity contribution in [3.8, 4) is 11.5 Å². The van der Waals surface area contributed by atoms with Crippen LogP contribution in [0, 0.1) is 0 Å². The predicted molar refractivity (Wildman–Crippen MR) is 96.6 cm³/mol. The van der Waals surface area contributed by atoms with E-state index in [4.69, 9.17) is 9.47 Å². The summed E-state index contributed by atoms with van der Waals surface area (Å²) in [7, 11) is 6.36. The van der Waals surface area contributed by atoms with Crippen LogP contribution in [-0.2, 0) is 7.05 Å². The Kier molecular flexibility index (Phi) is 5.66. The van der Waals surface area contributed by atoms with Crippen molar-refractivity contribution in [3.05, 3.63) is 28.2 Å². The van der Waals surface area contributed by atoms with Gasteiger partial charge in [-0.1, -0.05) is 13.3 Å². The summed E-state index contributed by atoms with van der Waals surface area (Å²) in [5.74, 6) is 0.616. The van der Waals surface area contributed by atoms with E-state index in [0.29, 0.717) is 22.5 Å². The molecule has 0 aliphatic heterocycles. The third-order valence-corrected chi connectivity index (χ3v) is 4.47. The second-order valence-electron chi connectivity index (χ2n) is 6.07. The summed E-state index contributed by atoms with van der Waals surface area (Å²) in [6.07, 6.45) is 1.82. The molecule has 1 aromatic carbocycles. The molecule has 0 aliphatic carbocycles. The Morgan fingerprint density at radius 2 is 1.88 bits per heavy atom. The molecule has 25 heavy (non-hydrogen) atoms. The summed E-state index contributed by atoms with van der Waals surface area (Å²) in [5.41, 5.74) is 0.552. The summed E-state index contributed by atoms with van der Waals surface area (Å²) < 4.78 is 12.0. The fourth-order valence-corrected chi connectivity index (χ4v) is 2.77. The Hall–Kier alpha value is -2.57. The lowest BCUT2D eigenvalue weighted by Crippen LogP contribution is -2.39. The Morgan fingerprint density at radius 3 is 2.44 bits per heavy atom. The number of carbonyl (C=O) groups is 1. The van der Waals surface area contributed by atoms with Crippen molar-refractivity contribution in [2.45, 2.75) is 32.7 Å². The van der Waals surface area contributed by atoms with Crippen LogP contribution >= 0.6 is 0 Å². The first-order chi connectivity index (χ1) is 11.8. The van der Waals surface area contributed by atoms with E-state index in [1.165, 1.54) is 18.8 Å². The Morgan fingerprint density at radius 1 is 1.28 bits per heavy atom. The first-order valence-electron chi connectivity index (χ1n) is 8.25. The van der Waals surface area contributed by atoms with Gasteiger partial charge in [0.1, 0.15) is 0 Å². The van der Waals surface area contributed by atoms with Gasteiger partial charge in [0, 0.05) is 32.3 Å². The van der Waals surface area contributed by atoms with Crippen LogP contribution in [0.5, 0.6) is 11.5 Å². The van der Waals surface area contributed by atoms with Crippen molar-refractivity contribution in [1.82, 2.24) is 14.5 Å². The number of methoxy groups -OCH3 is 2. The first-order valence-corrected chi connectivity index (χ1v) is 8.25. The van der Waals surface area contributed by atoms with Crippen molar-refractivity contribution in [2.75, 3.05) is 21.3 Å². The van der Waals surface area contributed by atoms with E-state index in [1.807, 2.05) is 6.92 Å². The number of carbonyl (C=O) groups excluding carboxylic acids is 1. The highest BCUT2D eigenvalue weighted by Gasteiger charge is 2.23. The standard InChI is InChI=1S/C18H25N3O4/c1-7-8-11(2)20(3)17(22)16-18(23)21(4)13-10-15(25-6)14(24-5)9-12(13)19-16/h9-11H,7-8H2,1-6H3. The average Bonchev–Trinajstić information content (AvgIpc) is 2.62. The molecule has 1 aromatic heterocycles. The van der Waals surface area contributed by atoms with Crippen molar-refractivity contribution in [3.63, 3.8) is 0 Å². The molecule has 2 rings (SSSR count). The summed E-state index contributed by atoms with van der Waals surface area (Å²) in [6.45, 7) is 4.02. The molecular formula is C18H25N3O4. The number of ether oxygens (including phenoxy) is 2. The van der Waals surface area contributed by atoms with E-state index in [2.05, 4.69) is 11.9 Å². The van der Waals surface area contributed by atoms with E-state index in [9.17, 15) is 9.59 Å². The summed E-state index contributed by atoms with van der Waals surface area (Å²) in [4.78, 5) is 31.3. The van der Waals surface area contributed by atoms with Crippen LogP contribution in [0.2, 0.25) is 0 Å². The highest BCUT2D eigenvalue weighted by atomic mass is 16.5. The van der Waals surface area contributed by atoms with Gasteiger partial charge in [-0.2, -0.15) is 0 Å². The number of hydrogen-bond acceptors (Lipinski definition) is 5. The largest absolute Gasteiger partial charge is 0.493 e. The maximum absolute atomic E-state index is 12.7. The molecule has 2 aromatic rings. The van der Waals surface area contributed by atoms with E-state index in [0.717, 1.165) is 12.8 Å². The van der Waals surface area contributed by atoms with Crippen LogP contribution in [0.15, 0.2) is 16.9 Å². The average molecular weight is 347 g/mol. The lowest BCUT2D eigenvalue weighted by Gasteiger charge is -2.24. The molecule has 0 fully saturated rings. The van der Waals surface area contributed by atoms with Gasteiger partial charge in [-0.3, -0.25) is 9.59 Å². The second kappa shape index (κ2) is 7.55. The van der Waals surface area contributed by atoms with Crippen LogP contribution in [-0.4, -0.2) is 47.7 Å². The number of nitrogens with zero attached hydrogens (tertiary/aromatic N) is 3. The van der Waals surface area contributed by atoms with Gasteiger partial charge in [0.15, 0.2) is 17.2 Å². The minimum Gasteiger partial charge on any atom is -0.493 e. The zero-order valence-electron chi connectivity index (χ0n) is 15.6. The van der Waals surface area contributed by atoms with Crippen LogP contribution in [0.4, 0.5) is 0 Å². The highest BCUT2D eigenvalue weighted by molar-refractivity contribution is 5.94. The SMILES string of the molecule is CCCC(C)N(C)C(=O)c1nc2cc(OC)c(OC)cc2n(C)c1=O. The van der Waals surface area contributed by atoms with Gasteiger partial charge in [0.05, 0.1) is 25.3 Å². The number of amides is 1. The molecule has 1 heterocycles. The molecule has 136 valence electrons.